The molecular formula is C24H25F3N4O3. The molecule has 1 unspecified atom stereocenters. The maximum Gasteiger partial charge on any atom is 0.490 e. The Hall–Kier alpha value is -3.40. The Labute approximate surface area is 194 Å². The van der Waals surface area contributed by atoms with Gasteiger partial charge in [0.1, 0.15) is 0 Å². The maximum absolute atomic E-state index is 12.1. The molecule has 3 aromatic rings. The van der Waals surface area contributed by atoms with Crippen LogP contribution < -0.4 is 0 Å². The highest BCUT2D eigenvalue weighted by Crippen LogP contribution is 2.27. The predicted octanol–water partition coefficient (Wildman–Crippen LogP) is 3.85. The van der Waals surface area contributed by atoms with E-state index in [1.807, 2.05) is 17.4 Å². The van der Waals surface area contributed by atoms with Crippen LogP contribution in [0.1, 0.15) is 30.1 Å². The minimum absolute atomic E-state index is 0.272. The molecule has 0 aliphatic carbocycles. The van der Waals surface area contributed by atoms with E-state index in [1.54, 1.807) is 0 Å². The van der Waals surface area contributed by atoms with E-state index in [0.29, 0.717) is 12.3 Å². The van der Waals surface area contributed by atoms with Gasteiger partial charge in [0, 0.05) is 45.3 Å². The van der Waals surface area contributed by atoms with Crippen molar-refractivity contribution in [2.45, 2.75) is 38.1 Å². The summed E-state index contributed by atoms with van der Waals surface area (Å²) in [5, 5.41) is 9.74. The van der Waals surface area contributed by atoms with E-state index in [2.05, 4.69) is 56.9 Å². The summed E-state index contributed by atoms with van der Waals surface area (Å²) in [6, 6.07) is 15.4. The molecule has 2 aliphatic heterocycles. The van der Waals surface area contributed by atoms with Gasteiger partial charge in [0.2, 0.25) is 5.91 Å². The number of amides is 1. The van der Waals surface area contributed by atoms with Crippen LogP contribution in [-0.4, -0.2) is 62.1 Å². The molecule has 0 saturated carbocycles. The topological polar surface area (TPSA) is 78.7 Å². The summed E-state index contributed by atoms with van der Waals surface area (Å²) in [6.07, 6.45) is 0.495. The first-order valence-electron chi connectivity index (χ1n) is 11.0. The van der Waals surface area contributed by atoms with Crippen LogP contribution in [0.3, 0.4) is 0 Å². The summed E-state index contributed by atoms with van der Waals surface area (Å²) in [4.78, 5) is 29.9. The summed E-state index contributed by atoms with van der Waals surface area (Å²) in [5.74, 6) is -2.46. The molecule has 0 bridgehead atoms. The van der Waals surface area contributed by atoms with Crippen molar-refractivity contribution in [3.63, 3.8) is 0 Å². The lowest BCUT2D eigenvalue weighted by Gasteiger charge is -2.36. The Kier molecular flexibility index (Phi) is 6.87. The van der Waals surface area contributed by atoms with Crippen molar-refractivity contribution >= 4 is 22.6 Å². The van der Waals surface area contributed by atoms with E-state index >= 15 is 0 Å². The molecule has 3 heterocycles. The molecule has 2 aromatic carbocycles. The number of carbonyl (C=O) groups is 2. The number of carboxylic acids is 1. The average molecular weight is 474 g/mol. The number of imidazole rings is 1. The van der Waals surface area contributed by atoms with Crippen LogP contribution in [0.5, 0.6) is 0 Å². The van der Waals surface area contributed by atoms with Gasteiger partial charge in [0.15, 0.2) is 0 Å². The van der Waals surface area contributed by atoms with Crippen molar-refractivity contribution in [3.05, 3.63) is 66.2 Å². The smallest absolute Gasteiger partial charge is 0.475 e. The molecule has 1 fully saturated rings. The quantitative estimate of drug-likeness (QED) is 0.622. The van der Waals surface area contributed by atoms with Gasteiger partial charge < -0.3 is 14.6 Å². The van der Waals surface area contributed by atoms with Crippen molar-refractivity contribution in [1.29, 1.82) is 0 Å². The number of fused-ring (bicyclic) bond motifs is 2. The lowest BCUT2D eigenvalue weighted by molar-refractivity contribution is -0.192. The summed E-state index contributed by atoms with van der Waals surface area (Å²) in [5.41, 5.74) is 2.59. The lowest BCUT2D eigenvalue weighted by Crippen LogP contribution is -2.42. The third-order valence-corrected chi connectivity index (χ3v) is 6.11. The minimum Gasteiger partial charge on any atom is -0.475 e. The van der Waals surface area contributed by atoms with Crippen molar-refractivity contribution in [3.8, 4) is 0 Å². The SMILES string of the molecule is O=C(O)C(F)(F)F.O=C1CCCN1CC1CN(Cc2cccc3ccccc23)Cc2cncn21. The molecule has 1 aromatic heterocycles. The Balaban J connectivity index is 0.000000344. The number of rotatable bonds is 4. The van der Waals surface area contributed by atoms with Crippen molar-refractivity contribution < 1.29 is 27.9 Å². The molecule has 0 radical (unpaired) electrons. The van der Waals surface area contributed by atoms with Gasteiger partial charge >= 0.3 is 12.1 Å². The minimum atomic E-state index is -5.08. The van der Waals surface area contributed by atoms with E-state index in [1.165, 1.54) is 22.0 Å². The number of aromatic nitrogens is 2. The van der Waals surface area contributed by atoms with Crippen molar-refractivity contribution in [1.82, 2.24) is 19.4 Å². The molecule has 1 amide bonds. The van der Waals surface area contributed by atoms with E-state index in [-0.39, 0.29) is 6.04 Å². The van der Waals surface area contributed by atoms with Gasteiger partial charge in [-0.3, -0.25) is 9.69 Å². The van der Waals surface area contributed by atoms with E-state index in [9.17, 15) is 18.0 Å². The standard InChI is InChI=1S/C22H24N4O.C2HF3O2/c27-22-9-4-10-25(22)15-20-14-24(13-19-11-23-16-26(19)20)12-18-7-3-6-17-5-1-2-8-21(17)18;3-2(4,5)1(6)7/h1-3,5-8,11,16,20H,4,9-10,12-15H2;(H,6,7). The normalized spacial score (nSPS) is 18.5. The second-order valence-corrected chi connectivity index (χ2v) is 8.50. The molecule has 7 nitrogen and oxygen atoms in total. The van der Waals surface area contributed by atoms with Gasteiger partial charge in [-0.2, -0.15) is 13.2 Å². The lowest BCUT2D eigenvalue weighted by atomic mass is 10.0. The molecule has 1 N–H and O–H groups in total. The zero-order chi connectivity index (χ0) is 24.3. The first kappa shape index (κ1) is 23.7. The second-order valence-electron chi connectivity index (χ2n) is 8.50. The molecular weight excluding hydrogens is 449 g/mol. The molecule has 2 aliphatic rings. The molecule has 5 rings (SSSR count). The highest BCUT2D eigenvalue weighted by Gasteiger charge is 2.38. The van der Waals surface area contributed by atoms with Gasteiger partial charge in [-0.1, -0.05) is 42.5 Å². The predicted molar refractivity (Wildman–Crippen MR) is 119 cm³/mol. The fourth-order valence-corrected chi connectivity index (χ4v) is 4.55. The van der Waals surface area contributed by atoms with Crippen molar-refractivity contribution in [2.24, 2.45) is 0 Å². The molecule has 1 atom stereocenters. The fraction of sp³-hybridized carbons (Fsp3) is 0.375. The Morgan fingerprint density at radius 3 is 2.59 bits per heavy atom. The number of benzene rings is 2. The maximum atomic E-state index is 12.1. The highest BCUT2D eigenvalue weighted by atomic mass is 19.4. The number of nitrogens with zero attached hydrogens (tertiary/aromatic N) is 4. The molecule has 10 heteroatoms. The van der Waals surface area contributed by atoms with Crippen LogP contribution in [0.15, 0.2) is 55.0 Å². The zero-order valence-corrected chi connectivity index (χ0v) is 18.4. The number of halogens is 3. The Morgan fingerprint density at radius 1 is 1.15 bits per heavy atom. The van der Waals surface area contributed by atoms with Crippen LogP contribution in [0.25, 0.3) is 10.8 Å². The summed E-state index contributed by atoms with van der Waals surface area (Å²) >= 11 is 0. The molecule has 34 heavy (non-hydrogen) atoms. The van der Waals surface area contributed by atoms with Gasteiger partial charge in [0.25, 0.3) is 0 Å². The molecule has 1 saturated heterocycles. The number of aliphatic carboxylic acids is 1. The number of likely N-dealkylation sites (tertiary alicyclic amines) is 1. The first-order chi connectivity index (χ1) is 16.2. The van der Waals surface area contributed by atoms with E-state index in [0.717, 1.165) is 39.1 Å². The van der Waals surface area contributed by atoms with Crippen LogP contribution >= 0.6 is 0 Å². The average Bonchev–Trinajstić information content (AvgIpc) is 3.43. The number of carbonyl (C=O) groups excluding carboxylic acids is 1. The Morgan fingerprint density at radius 2 is 1.88 bits per heavy atom. The fourth-order valence-electron chi connectivity index (χ4n) is 4.55. The third kappa shape index (κ3) is 5.39. The summed E-state index contributed by atoms with van der Waals surface area (Å²) in [7, 11) is 0. The highest BCUT2D eigenvalue weighted by molar-refractivity contribution is 5.85. The van der Waals surface area contributed by atoms with Crippen LogP contribution in [0, 0.1) is 0 Å². The van der Waals surface area contributed by atoms with Gasteiger partial charge in [-0.05, 0) is 22.8 Å². The Bertz CT molecular complexity index is 1170. The summed E-state index contributed by atoms with van der Waals surface area (Å²) in [6.45, 7) is 4.43. The number of hydrogen-bond donors (Lipinski definition) is 1. The number of carboxylic acid groups (broad SMARTS) is 1. The second kappa shape index (κ2) is 9.84. The van der Waals surface area contributed by atoms with Gasteiger partial charge in [0.05, 0.1) is 18.1 Å². The third-order valence-electron chi connectivity index (χ3n) is 6.11. The molecule has 0 spiro atoms. The first-order valence-corrected chi connectivity index (χ1v) is 11.0. The monoisotopic (exact) mass is 474 g/mol. The van der Waals surface area contributed by atoms with Gasteiger partial charge in [-0.25, -0.2) is 9.78 Å². The molecule has 180 valence electrons. The van der Waals surface area contributed by atoms with E-state index < -0.39 is 12.1 Å². The number of hydrogen-bond acceptors (Lipinski definition) is 4. The van der Waals surface area contributed by atoms with Gasteiger partial charge in [-0.15, -0.1) is 0 Å². The number of alkyl halides is 3. The zero-order valence-electron chi connectivity index (χ0n) is 18.4. The van der Waals surface area contributed by atoms with E-state index in [4.69, 9.17) is 9.90 Å². The largest absolute Gasteiger partial charge is 0.490 e. The summed E-state index contributed by atoms with van der Waals surface area (Å²) < 4.78 is 34.0. The van der Waals surface area contributed by atoms with Crippen LogP contribution in [0.4, 0.5) is 13.2 Å². The van der Waals surface area contributed by atoms with Crippen molar-refractivity contribution in [2.75, 3.05) is 19.6 Å². The van der Waals surface area contributed by atoms with Crippen LogP contribution in [-0.2, 0) is 22.7 Å². The van der Waals surface area contributed by atoms with Crippen LogP contribution in [0.2, 0.25) is 0 Å².